The van der Waals surface area contributed by atoms with Gasteiger partial charge in [0.05, 0.1) is 0 Å². The van der Waals surface area contributed by atoms with E-state index in [1.54, 1.807) is 0 Å². The predicted octanol–water partition coefficient (Wildman–Crippen LogP) is 3.10. The molecule has 0 saturated carbocycles. The van der Waals surface area contributed by atoms with E-state index in [9.17, 15) is 0 Å². The van der Waals surface area contributed by atoms with Gasteiger partial charge in [-0.25, -0.2) is 0 Å². The van der Waals surface area contributed by atoms with E-state index >= 15 is 0 Å². The molecule has 1 atom stereocenters. The highest BCUT2D eigenvalue weighted by atomic mass is 16.5. The zero-order valence-corrected chi connectivity index (χ0v) is 16.0. The molecule has 4 heterocycles. The molecule has 1 aromatic rings. The van der Waals surface area contributed by atoms with Crippen molar-refractivity contribution in [1.29, 1.82) is 0 Å². The molecular formula is C21H34N2O3. The van der Waals surface area contributed by atoms with Gasteiger partial charge in [0.2, 0.25) is 0 Å². The molecule has 3 aliphatic heterocycles. The van der Waals surface area contributed by atoms with Crippen LogP contribution >= 0.6 is 0 Å². The Labute approximate surface area is 157 Å². The number of fused-ring (bicyclic) bond motifs is 1. The summed E-state index contributed by atoms with van der Waals surface area (Å²) < 4.78 is 19.5. The third-order valence-electron chi connectivity index (χ3n) is 6.26. The van der Waals surface area contributed by atoms with E-state index in [-0.39, 0.29) is 0 Å². The van der Waals surface area contributed by atoms with Gasteiger partial charge < -0.3 is 18.8 Å². The number of hydrogen-bond acceptors (Lipinski definition) is 4. The summed E-state index contributed by atoms with van der Waals surface area (Å²) >= 11 is 0. The fourth-order valence-electron chi connectivity index (χ4n) is 4.64. The van der Waals surface area contributed by atoms with Gasteiger partial charge in [0.1, 0.15) is 0 Å². The third kappa shape index (κ3) is 4.89. The molecule has 5 nitrogen and oxygen atoms in total. The van der Waals surface area contributed by atoms with Crippen molar-refractivity contribution >= 4 is 0 Å². The lowest BCUT2D eigenvalue weighted by Crippen LogP contribution is -2.40. The highest BCUT2D eigenvalue weighted by Gasteiger charge is 2.26. The number of ether oxygens (including phenoxy) is 3. The number of hydrogen-bond donors (Lipinski definition) is 0. The van der Waals surface area contributed by atoms with Crippen LogP contribution in [0.1, 0.15) is 43.8 Å². The minimum atomic E-state index is 0.545. The van der Waals surface area contributed by atoms with E-state index in [0.29, 0.717) is 12.0 Å². The highest BCUT2D eigenvalue weighted by Crippen LogP contribution is 2.27. The van der Waals surface area contributed by atoms with Crippen LogP contribution in [0.25, 0.3) is 0 Å². The van der Waals surface area contributed by atoms with Gasteiger partial charge in [0.15, 0.2) is 0 Å². The lowest BCUT2D eigenvalue weighted by molar-refractivity contribution is 0.0146. The number of aromatic nitrogens is 1. The fourth-order valence-corrected chi connectivity index (χ4v) is 4.64. The summed E-state index contributed by atoms with van der Waals surface area (Å²) in [5.74, 6) is 1.50. The maximum atomic E-state index is 6.05. The molecule has 0 amide bonds. The zero-order valence-electron chi connectivity index (χ0n) is 16.0. The first kappa shape index (κ1) is 18.5. The molecule has 146 valence electrons. The summed E-state index contributed by atoms with van der Waals surface area (Å²) in [5.41, 5.74) is 1.46. The van der Waals surface area contributed by atoms with Crippen molar-refractivity contribution < 1.29 is 14.2 Å². The Kier molecular flexibility index (Phi) is 6.65. The van der Waals surface area contributed by atoms with Crippen LogP contribution in [-0.4, -0.2) is 62.2 Å². The van der Waals surface area contributed by atoms with E-state index in [4.69, 9.17) is 14.2 Å². The first-order chi connectivity index (χ1) is 12.9. The molecule has 5 heteroatoms. The van der Waals surface area contributed by atoms with Crippen LogP contribution in [0.15, 0.2) is 18.3 Å². The van der Waals surface area contributed by atoms with Gasteiger partial charge in [0.25, 0.3) is 0 Å². The summed E-state index contributed by atoms with van der Waals surface area (Å²) in [6.07, 6.45) is 8.11. The van der Waals surface area contributed by atoms with Crippen molar-refractivity contribution in [2.24, 2.45) is 11.8 Å². The molecule has 0 aliphatic carbocycles. The van der Waals surface area contributed by atoms with Gasteiger partial charge in [0, 0.05) is 77.2 Å². The maximum Gasteiger partial charge on any atom is 0.0495 e. The zero-order chi connectivity index (χ0) is 17.6. The van der Waals surface area contributed by atoms with Crippen LogP contribution in [0.4, 0.5) is 0 Å². The Balaban J connectivity index is 1.25. The van der Waals surface area contributed by atoms with E-state index in [1.165, 1.54) is 25.1 Å². The first-order valence-corrected chi connectivity index (χ1v) is 10.5. The lowest BCUT2D eigenvalue weighted by Gasteiger charge is -2.37. The van der Waals surface area contributed by atoms with Gasteiger partial charge in [-0.1, -0.05) is 0 Å². The van der Waals surface area contributed by atoms with E-state index in [1.807, 2.05) is 0 Å². The Bertz CT molecular complexity index is 535. The predicted molar refractivity (Wildman–Crippen MR) is 101 cm³/mol. The number of nitrogens with zero attached hydrogens (tertiary/aromatic N) is 2. The minimum absolute atomic E-state index is 0.545. The first-order valence-electron chi connectivity index (χ1n) is 10.5. The normalized spacial score (nSPS) is 26.1. The molecule has 0 N–H and O–H groups in total. The molecule has 2 saturated heterocycles. The van der Waals surface area contributed by atoms with E-state index in [0.717, 1.165) is 77.9 Å². The average molecular weight is 363 g/mol. The average Bonchev–Trinajstić information content (AvgIpc) is 3.15. The summed E-state index contributed by atoms with van der Waals surface area (Å²) in [4.78, 5) is 2.66. The monoisotopic (exact) mass is 362 g/mol. The topological polar surface area (TPSA) is 35.9 Å². The summed E-state index contributed by atoms with van der Waals surface area (Å²) in [5, 5.41) is 0. The lowest BCUT2D eigenvalue weighted by atomic mass is 9.98. The summed E-state index contributed by atoms with van der Waals surface area (Å²) in [6, 6.07) is 5.03. The molecule has 0 bridgehead atoms. The fraction of sp³-hybridized carbons (Fsp3) is 0.810. The number of rotatable bonds is 7. The van der Waals surface area contributed by atoms with Crippen LogP contribution in [0, 0.1) is 11.8 Å². The van der Waals surface area contributed by atoms with Crippen molar-refractivity contribution in [3.05, 3.63) is 24.0 Å². The second kappa shape index (κ2) is 9.36. The minimum Gasteiger partial charge on any atom is -0.381 e. The maximum absolute atomic E-state index is 6.05. The molecule has 0 aromatic carbocycles. The van der Waals surface area contributed by atoms with Crippen molar-refractivity contribution in [2.45, 2.75) is 44.7 Å². The molecule has 3 aliphatic rings. The van der Waals surface area contributed by atoms with Crippen LogP contribution in [0.3, 0.4) is 0 Å². The summed E-state index contributed by atoms with van der Waals surface area (Å²) in [6.45, 7) is 8.92. The smallest absolute Gasteiger partial charge is 0.0495 e. The van der Waals surface area contributed by atoms with Crippen molar-refractivity contribution in [1.82, 2.24) is 9.47 Å². The van der Waals surface area contributed by atoms with Gasteiger partial charge >= 0.3 is 0 Å². The third-order valence-corrected chi connectivity index (χ3v) is 6.26. The molecule has 2 fully saturated rings. The second-order valence-electron chi connectivity index (χ2n) is 8.23. The highest BCUT2D eigenvalue weighted by molar-refractivity contribution is 5.11. The Hall–Kier alpha value is -0.880. The molecule has 1 unspecified atom stereocenters. The van der Waals surface area contributed by atoms with Gasteiger partial charge in [-0.2, -0.15) is 0 Å². The SMILES string of the molecule is c1cc2n(c1)C(CCOCC1CCOCC1)CN(CC1CCOCC1)C2. The second-order valence-corrected chi connectivity index (χ2v) is 8.23. The van der Waals surface area contributed by atoms with Crippen LogP contribution < -0.4 is 0 Å². The molecular weight excluding hydrogens is 328 g/mol. The molecule has 26 heavy (non-hydrogen) atoms. The van der Waals surface area contributed by atoms with Crippen molar-refractivity contribution in [3.8, 4) is 0 Å². The van der Waals surface area contributed by atoms with Gasteiger partial charge in [-0.15, -0.1) is 0 Å². The Morgan fingerprint density at radius 3 is 2.50 bits per heavy atom. The quantitative estimate of drug-likeness (QED) is 0.699. The van der Waals surface area contributed by atoms with Crippen LogP contribution in [-0.2, 0) is 20.8 Å². The van der Waals surface area contributed by atoms with E-state index < -0.39 is 0 Å². The van der Waals surface area contributed by atoms with Gasteiger partial charge in [-0.05, 0) is 56.1 Å². The Morgan fingerprint density at radius 2 is 1.73 bits per heavy atom. The standard InChI is InChI=1S/C21H34N2O3/c1-2-20-15-22(14-18-3-9-24-10-4-18)16-21(23(20)8-1)7-13-26-17-19-5-11-25-12-6-19/h1-2,8,18-19,21H,3-7,9-17H2. The van der Waals surface area contributed by atoms with E-state index in [2.05, 4.69) is 27.8 Å². The summed E-state index contributed by atoms with van der Waals surface area (Å²) in [7, 11) is 0. The van der Waals surface area contributed by atoms with Crippen molar-refractivity contribution in [3.63, 3.8) is 0 Å². The molecule has 1 aromatic heterocycles. The van der Waals surface area contributed by atoms with Gasteiger partial charge in [-0.3, -0.25) is 4.90 Å². The molecule has 4 rings (SSSR count). The Morgan fingerprint density at radius 1 is 1.00 bits per heavy atom. The molecule has 0 spiro atoms. The van der Waals surface area contributed by atoms with Crippen molar-refractivity contribution in [2.75, 3.05) is 52.7 Å². The van der Waals surface area contributed by atoms with Crippen LogP contribution in [0.2, 0.25) is 0 Å². The largest absolute Gasteiger partial charge is 0.381 e. The molecule has 0 radical (unpaired) electrons. The van der Waals surface area contributed by atoms with Crippen LogP contribution in [0.5, 0.6) is 0 Å².